The molecule has 0 saturated heterocycles. The molecule has 0 bridgehead atoms. The maximum Gasteiger partial charge on any atom is 0.328 e. The average molecular weight is 317 g/mol. The molecule has 0 aliphatic rings. The summed E-state index contributed by atoms with van der Waals surface area (Å²) in [5.74, 6) is -1.54. The molecule has 1 aromatic heterocycles. The van der Waals surface area contributed by atoms with Gasteiger partial charge in [0, 0.05) is 23.8 Å². The van der Waals surface area contributed by atoms with E-state index in [2.05, 4.69) is 5.32 Å². The highest BCUT2D eigenvalue weighted by atomic mass is 32.2. The first-order valence-corrected chi connectivity index (χ1v) is 8.54. The molecule has 1 amide bonds. The summed E-state index contributed by atoms with van der Waals surface area (Å²) < 4.78 is 21.9. The minimum Gasteiger partial charge on any atom is -0.478 e. The van der Waals surface area contributed by atoms with E-state index >= 15 is 0 Å². The molecule has 0 saturated carbocycles. The number of rotatable bonds is 6. The number of hydrogen-bond acceptors (Lipinski definition) is 5. The van der Waals surface area contributed by atoms with Crippen molar-refractivity contribution in [2.24, 2.45) is 0 Å². The second-order valence-electron chi connectivity index (χ2n) is 4.22. The Labute approximate surface area is 121 Å². The second-order valence-corrected chi connectivity index (χ2v) is 7.56. The van der Waals surface area contributed by atoms with Crippen LogP contribution in [-0.2, 0) is 14.6 Å². The Balaban J connectivity index is 2.70. The molecule has 2 N–H and O–H groups in total. The van der Waals surface area contributed by atoms with Crippen LogP contribution in [0.4, 0.5) is 0 Å². The Bertz CT molecular complexity index is 643. The lowest BCUT2D eigenvalue weighted by atomic mass is 10.2. The lowest BCUT2D eigenvalue weighted by Gasteiger charge is -2.01. The van der Waals surface area contributed by atoms with E-state index < -0.39 is 15.8 Å². The molecule has 0 aliphatic heterocycles. The van der Waals surface area contributed by atoms with E-state index in [1.165, 1.54) is 6.08 Å². The van der Waals surface area contributed by atoms with Crippen LogP contribution in [0, 0.1) is 6.92 Å². The molecule has 110 valence electrons. The third-order valence-corrected chi connectivity index (χ3v) is 4.46. The van der Waals surface area contributed by atoms with Crippen molar-refractivity contribution in [1.29, 1.82) is 0 Å². The van der Waals surface area contributed by atoms with Crippen LogP contribution in [0.15, 0.2) is 12.1 Å². The number of carboxylic acids is 1. The Morgan fingerprint density at radius 1 is 1.45 bits per heavy atom. The van der Waals surface area contributed by atoms with E-state index in [4.69, 9.17) is 5.11 Å². The van der Waals surface area contributed by atoms with Crippen molar-refractivity contribution in [1.82, 2.24) is 5.32 Å². The summed E-state index contributed by atoms with van der Waals surface area (Å²) in [6.07, 6.45) is 3.53. The third kappa shape index (κ3) is 5.54. The van der Waals surface area contributed by atoms with Crippen LogP contribution in [0.1, 0.15) is 20.1 Å². The fraction of sp³-hybridized carbons (Fsp3) is 0.333. The molecular weight excluding hydrogens is 302 g/mol. The first-order valence-electron chi connectivity index (χ1n) is 5.66. The summed E-state index contributed by atoms with van der Waals surface area (Å²) in [5.41, 5.74) is 0.792. The minimum atomic E-state index is -3.11. The van der Waals surface area contributed by atoms with Crippen LogP contribution in [0.2, 0.25) is 0 Å². The van der Waals surface area contributed by atoms with Crippen LogP contribution < -0.4 is 5.32 Å². The van der Waals surface area contributed by atoms with Gasteiger partial charge in [0.25, 0.3) is 5.91 Å². The van der Waals surface area contributed by atoms with Gasteiger partial charge in [-0.05, 0) is 24.6 Å². The highest BCUT2D eigenvalue weighted by Crippen LogP contribution is 2.23. The fourth-order valence-corrected chi connectivity index (χ4v) is 2.82. The predicted molar refractivity (Wildman–Crippen MR) is 77.8 cm³/mol. The van der Waals surface area contributed by atoms with Crippen molar-refractivity contribution in [3.05, 3.63) is 27.5 Å². The number of carbonyl (C=O) groups is 2. The van der Waals surface area contributed by atoms with E-state index in [1.807, 2.05) is 0 Å². The predicted octanol–water partition coefficient (Wildman–Crippen LogP) is 0.929. The molecule has 6 nitrogen and oxygen atoms in total. The lowest BCUT2D eigenvalue weighted by molar-refractivity contribution is -0.131. The zero-order valence-corrected chi connectivity index (χ0v) is 12.7. The van der Waals surface area contributed by atoms with Gasteiger partial charge in [0.2, 0.25) is 0 Å². The highest BCUT2D eigenvalue weighted by molar-refractivity contribution is 7.90. The van der Waals surface area contributed by atoms with Crippen molar-refractivity contribution >= 4 is 39.1 Å². The molecule has 0 radical (unpaired) electrons. The first kappa shape index (κ1) is 16.4. The summed E-state index contributed by atoms with van der Waals surface area (Å²) in [5, 5.41) is 11.1. The van der Waals surface area contributed by atoms with Crippen LogP contribution in [0.25, 0.3) is 6.08 Å². The van der Waals surface area contributed by atoms with Crippen molar-refractivity contribution in [3.8, 4) is 0 Å². The molecule has 0 aliphatic carbocycles. The number of carboxylic acid groups (broad SMARTS) is 1. The van der Waals surface area contributed by atoms with Crippen molar-refractivity contribution in [2.75, 3.05) is 18.6 Å². The quantitative estimate of drug-likeness (QED) is 0.760. The Morgan fingerprint density at radius 2 is 2.10 bits per heavy atom. The largest absolute Gasteiger partial charge is 0.478 e. The third-order valence-electron chi connectivity index (χ3n) is 2.32. The molecular formula is C12H15NO5S2. The topological polar surface area (TPSA) is 101 Å². The number of aliphatic carboxylic acids is 1. The molecule has 1 aromatic rings. The normalized spacial score (nSPS) is 11.7. The Hall–Kier alpha value is -1.67. The van der Waals surface area contributed by atoms with E-state index in [0.29, 0.717) is 9.75 Å². The summed E-state index contributed by atoms with van der Waals surface area (Å²) >= 11 is 1.16. The van der Waals surface area contributed by atoms with Crippen molar-refractivity contribution < 1.29 is 23.1 Å². The Kier molecular flexibility index (Phi) is 5.46. The summed E-state index contributed by atoms with van der Waals surface area (Å²) in [7, 11) is -3.11. The molecule has 8 heteroatoms. The second kappa shape index (κ2) is 6.67. The molecule has 1 heterocycles. The fourth-order valence-electron chi connectivity index (χ4n) is 1.36. The lowest BCUT2D eigenvalue weighted by Crippen LogP contribution is -2.28. The summed E-state index contributed by atoms with van der Waals surface area (Å²) in [6.45, 7) is 1.82. The monoisotopic (exact) mass is 317 g/mol. The van der Waals surface area contributed by atoms with Gasteiger partial charge in [-0.15, -0.1) is 11.3 Å². The highest BCUT2D eigenvalue weighted by Gasteiger charge is 2.12. The smallest absolute Gasteiger partial charge is 0.328 e. The van der Waals surface area contributed by atoms with Gasteiger partial charge in [-0.3, -0.25) is 4.79 Å². The number of nitrogens with one attached hydrogen (secondary N) is 1. The van der Waals surface area contributed by atoms with E-state index in [-0.39, 0.29) is 18.2 Å². The van der Waals surface area contributed by atoms with Gasteiger partial charge < -0.3 is 10.4 Å². The van der Waals surface area contributed by atoms with Gasteiger partial charge in [0.15, 0.2) is 0 Å². The molecule has 0 aromatic carbocycles. The zero-order chi connectivity index (χ0) is 15.3. The molecule has 0 atom stereocenters. The number of amides is 1. The molecule has 1 rings (SSSR count). The zero-order valence-electron chi connectivity index (χ0n) is 11.0. The van der Waals surface area contributed by atoms with E-state index in [0.717, 1.165) is 29.2 Å². The number of thiophene rings is 1. The minimum absolute atomic E-state index is 0.0505. The van der Waals surface area contributed by atoms with Gasteiger partial charge in [0.05, 0.1) is 10.6 Å². The van der Waals surface area contributed by atoms with Crippen LogP contribution >= 0.6 is 11.3 Å². The van der Waals surface area contributed by atoms with E-state index in [1.54, 1.807) is 13.0 Å². The number of aryl methyl sites for hydroxylation is 1. The first-order chi connectivity index (χ1) is 9.19. The SMILES string of the molecule is Cc1cc(C(=O)NCCS(C)(=O)=O)sc1/C=C/C(=O)O. The van der Waals surface area contributed by atoms with Crippen molar-refractivity contribution in [2.45, 2.75) is 6.92 Å². The van der Waals surface area contributed by atoms with E-state index in [9.17, 15) is 18.0 Å². The van der Waals surface area contributed by atoms with Crippen LogP contribution in [-0.4, -0.2) is 44.0 Å². The molecule has 0 fully saturated rings. The summed E-state index contributed by atoms with van der Waals surface area (Å²) in [4.78, 5) is 23.3. The molecule has 20 heavy (non-hydrogen) atoms. The van der Waals surface area contributed by atoms with Gasteiger partial charge in [0.1, 0.15) is 9.84 Å². The Morgan fingerprint density at radius 3 is 2.65 bits per heavy atom. The maximum atomic E-state index is 11.8. The average Bonchev–Trinajstić information content (AvgIpc) is 2.66. The number of carbonyl (C=O) groups excluding carboxylic acids is 1. The molecule has 0 spiro atoms. The van der Waals surface area contributed by atoms with Gasteiger partial charge in [-0.2, -0.15) is 0 Å². The molecule has 0 unspecified atom stereocenters. The summed E-state index contributed by atoms with van der Waals surface area (Å²) in [6, 6.07) is 1.64. The maximum absolute atomic E-state index is 11.8. The van der Waals surface area contributed by atoms with Gasteiger partial charge >= 0.3 is 5.97 Å². The van der Waals surface area contributed by atoms with Gasteiger partial charge in [-0.25, -0.2) is 13.2 Å². The van der Waals surface area contributed by atoms with Crippen LogP contribution in [0.3, 0.4) is 0 Å². The number of hydrogen-bond donors (Lipinski definition) is 2. The number of sulfone groups is 1. The van der Waals surface area contributed by atoms with Crippen molar-refractivity contribution in [3.63, 3.8) is 0 Å². The van der Waals surface area contributed by atoms with Gasteiger partial charge in [-0.1, -0.05) is 0 Å². The standard InChI is InChI=1S/C12H15NO5S2/c1-8-7-10(19-9(8)3-4-11(14)15)12(16)13-5-6-20(2,17)18/h3-4,7H,5-6H2,1-2H3,(H,13,16)(H,14,15)/b4-3+. The van der Waals surface area contributed by atoms with Crippen LogP contribution in [0.5, 0.6) is 0 Å².